The zero-order chi connectivity index (χ0) is 14.1. The van der Waals surface area contributed by atoms with Crippen molar-refractivity contribution in [2.45, 2.75) is 26.8 Å². The maximum absolute atomic E-state index is 11.4. The fourth-order valence-electron chi connectivity index (χ4n) is 1.03. The monoisotopic (exact) mass is 259 g/mol. The third kappa shape index (κ3) is 6.85. The molecular formula is C11H21N3O4. The minimum atomic E-state index is -0.650. The van der Waals surface area contributed by atoms with Gasteiger partial charge >= 0.3 is 5.97 Å². The van der Waals surface area contributed by atoms with Crippen molar-refractivity contribution in [3.05, 3.63) is 0 Å². The van der Waals surface area contributed by atoms with Gasteiger partial charge in [-0.1, -0.05) is 13.8 Å². The van der Waals surface area contributed by atoms with Crippen molar-refractivity contribution in [1.29, 1.82) is 0 Å². The molecule has 0 saturated carbocycles. The molecule has 0 saturated heterocycles. The predicted octanol–water partition coefficient (Wildman–Crippen LogP) is -1.23. The van der Waals surface area contributed by atoms with Crippen LogP contribution in [0.4, 0.5) is 0 Å². The summed E-state index contributed by atoms with van der Waals surface area (Å²) in [4.78, 5) is 33.6. The Labute approximate surface area is 106 Å². The first-order valence-electron chi connectivity index (χ1n) is 5.84. The van der Waals surface area contributed by atoms with Gasteiger partial charge in [0.15, 0.2) is 0 Å². The highest BCUT2D eigenvalue weighted by molar-refractivity contribution is 5.88. The van der Waals surface area contributed by atoms with E-state index in [1.807, 2.05) is 13.8 Å². The van der Waals surface area contributed by atoms with Gasteiger partial charge in [-0.25, -0.2) is 0 Å². The predicted molar refractivity (Wildman–Crippen MR) is 65.5 cm³/mol. The van der Waals surface area contributed by atoms with Crippen LogP contribution >= 0.6 is 0 Å². The average Bonchev–Trinajstić information content (AvgIpc) is 2.32. The number of hydrogen-bond acceptors (Lipinski definition) is 5. The molecule has 0 aromatic carbocycles. The molecule has 0 aromatic rings. The molecule has 4 N–H and O–H groups in total. The molecular weight excluding hydrogens is 238 g/mol. The van der Waals surface area contributed by atoms with Gasteiger partial charge in [0.2, 0.25) is 11.8 Å². The highest BCUT2D eigenvalue weighted by Gasteiger charge is 2.17. The van der Waals surface area contributed by atoms with E-state index in [4.69, 9.17) is 5.73 Å². The van der Waals surface area contributed by atoms with Crippen molar-refractivity contribution in [1.82, 2.24) is 10.6 Å². The van der Waals surface area contributed by atoms with Crippen LogP contribution < -0.4 is 16.4 Å². The lowest BCUT2D eigenvalue weighted by molar-refractivity contribution is -0.143. The van der Waals surface area contributed by atoms with Crippen LogP contribution in [0.1, 0.15) is 20.8 Å². The third-order valence-corrected chi connectivity index (χ3v) is 2.18. The molecule has 18 heavy (non-hydrogen) atoms. The summed E-state index contributed by atoms with van der Waals surface area (Å²) in [6.45, 7) is 5.13. The molecule has 0 aliphatic rings. The average molecular weight is 259 g/mol. The van der Waals surface area contributed by atoms with Crippen LogP contribution in [0.25, 0.3) is 0 Å². The molecule has 0 heterocycles. The highest BCUT2D eigenvalue weighted by Crippen LogP contribution is 1.97. The second kappa shape index (κ2) is 8.46. The van der Waals surface area contributed by atoms with Crippen molar-refractivity contribution < 1.29 is 19.1 Å². The molecule has 1 atom stereocenters. The largest absolute Gasteiger partial charge is 0.465 e. The smallest absolute Gasteiger partial charge is 0.325 e. The number of amides is 2. The highest BCUT2D eigenvalue weighted by atomic mass is 16.5. The Morgan fingerprint density at radius 1 is 1.17 bits per heavy atom. The Bertz CT molecular complexity index is 305. The van der Waals surface area contributed by atoms with E-state index >= 15 is 0 Å². The van der Waals surface area contributed by atoms with E-state index in [1.54, 1.807) is 6.92 Å². The molecule has 2 amide bonds. The minimum Gasteiger partial charge on any atom is -0.465 e. The third-order valence-electron chi connectivity index (χ3n) is 2.18. The van der Waals surface area contributed by atoms with Crippen LogP contribution in [0.3, 0.4) is 0 Å². The molecule has 7 heteroatoms. The van der Waals surface area contributed by atoms with Gasteiger partial charge in [-0.3, -0.25) is 14.4 Å². The van der Waals surface area contributed by atoms with E-state index in [9.17, 15) is 14.4 Å². The van der Waals surface area contributed by atoms with E-state index in [-0.39, 0.29) is 25.6 Å². The van der Waals surface area contributed by atoms with Gasteiger partial charge in [-0.05, 0) is 12.8 Å². The first kappa shape index (κ1) is 16.4. The number of ether oxygens (including phenoxy) is 1. The number of hydrogen-bond donors (Lipinski definition) is 3. The minimum absolute atomic E-state index is 0.00686. The summed E-state index contributed by atoms with van der Waals surface area (Å²) in [7, 11) is 0. The summed E-state index contributed by atoms with van der Waals surface area (Å²) < 4.78 is 4.63. The Morgan fingerprint density at radius 2 is 1.78 bits per heavy atom. The maximum atomic E-state index is 11.4. The van der Waals surface area contributed by atoms with E-state index in [2.05, 4.69) is 15.4 Å². The number of carbonyl (C=O) groups excluding carboxylic acids is 3. The van der Waals surface area contributed by atoms with Crippen LogP contribution in [0.2, 0.25) is 0 Å². The Hall–Kier alpha value is -1.63. The van der Waals surface area contributed by atoms with E-state index in [0.29, 0.717) is 0 Å². The van der Waals surface area contributed by atoms with Gasteiger partial charge in [0.1, 0.15) is 6.54 Å². The summed E-state index contributed by atoms with van der Waals surface area (Å²) in [6, 6.07) is -0.650. The fraction of sp³-hybridized carbons (Fsp3) is 0.727. The second-order valence-electron chi connectivity index (χ2n) is 4.07. The normalized spacial score (nSPS) is 11.8. The van der Waals surface area contributed by atoms with Crippen LogP contribution in [0.15, 0.2) is 0 Å². The molecule has 0 aliphatic carbocycles. The van der Waals surface area contributed by atoms with Crippen molar-refractivity contribution >= 4 is 17.8 Å². The Morgan fingerprint density at radius 3 is 2.28 bits per heavy atom. The molecule has 0 fully saturated rings. The lowest BCUT2D eigenvalue weighted by Crippen LogP contribution is -2.47. The summed E-state index contributed by atoms with van der Waals surface area (Å²) in [5.41, 5.74) is 5.59. The van der Waals surface area contributed by atoms with Gasteiger partial charge in [-0.15, -0.1) is 0 Å². The molecule has 0 rings (SSSR count). The quantitative estimate of drug-likeness (QED) is 0.496. The maximum Gasteiger partial charge on any atom is 0.325 e. The summed E-state index contributed by atoms with van der Waals surface area (Å²) in [6.07, 6.45) is 0. The summed E-state index contributed by atoms with van der Waals surface area (Å²) in [5.74, 6) is -1.38. The van der Waals surface area contributed by atoms with Gasteiger partial charge in [-0.2, -0.15) is 0 Å². The van der Waals surface area contributed by atoms with E-state index in [1.165, 1.54) is 0 Å². The number of carbonyl (C=O) groups is 3. The molecule has 0 aliphatic heterocycles. The first-order valence-corrected chi connectivity index (χ1v) is 5.84. The SMILES string of the molecule is CCOC(=O)CNC(=O)CNC(=O)C(N)C(C)C. The molecule has 7 nitrogen and oxygen atoms in total. The second-order valence-corrected chi connectivity index (χ2v) is 4.07. The summed E-state index contributed by atoms with van der Waals surface area (Å²) in [5, 5.41) is 4.71. The Kier molecular flexibility index (Phi) is 7.69. The molecule has 104 valence electrons. The van der Waals surface area contributed by atoms with Crippen LogP contribution in [0, 0.1) is 5.92 Å². The number of nitrogens with one attached hydrogen (secondary N) is 2. The van der Waals surface area contributed by atoms with Gasteiger partial charge < -0.3 is 21.1 Å². The van der Waals surface area contributed by atoms with Gasteiger partial charge in [0.25, 0.3) is 0 Å². The topological polar surface area (TPSA) is 111 Å². The van der Waals surface area contributed by atoms with Crippen molar-refractivity contribution in [3.8, 4) is 0 Å². The Balaban J connectivity index is 3.84. The van der Waals surface area contributed by atoms with E-state index in [0.717, 1.165) is 0 Å². The number of nitrogens with two attached hydrogens (primary N) is 1. The molecule has 0 bridgehead atoms. The van der Waals surface area contributed by atoms with Gasteiger partial charge in [0, 0.05) is 0 Å². The lowest BCUT2D eigenvalue weighted by Gasteiger charge is -2.15. The molecule has 0 spiro atoms. The summed E-state index contributed by atoms with van der Waals surface area (Å²) >= 11 is 0. The fourth-order valence-corrected chi connectivity index (χ4v) is 1.03. The van der Waals surface area contributed by atoms with Gasteiger partial charge in [0.05, 0.1) is 19.2 Å². The van der Waals surface area contributed by atoms with Crippen molar-refractivity contribution in [2.24, 2.45) is 11.7 Å². The van der Waals surface area contributed by atoms with Crippen molar-refractivity contribution in [3.63, 3.8) is 0 Å². The van der Waals surface area contributed by atoms with E-state index < -0.39 is 23.8 Å². The molecule has 0 radical (unpaired) electrons. The first-order chi connectivity index (χ1) is 8.38. The molecule has 1 unspecified atom stereocenters. The lowest BCUT2D eigenvalue weighted by atomic mass is 10.1. The molecule has 0 aromatic heterocycles. The zero-order valence-corrected chi connectivity index (χ0v) is 11.0. The standard InChI is InChI=1S/C11H21N3O4/c1-4-18-9(16)6-13-8(15)5-14-11(17)10(12)7(2)3/h7,10H,4-6,12H2,1-3H3,(H,13,15)(H,14,17). The van der Waals surface area contributed by atoms with Crippen LogP contribution in [-0.2, 0) is 19.1 Å². The number of esters is 1. The van der Waals surface area contributed by atoms with Crippen LogP contribution in [0.5, 0.6) is 0 Å². The van der Waals surface area contributed by atoms with Crippen molar-refractivity contribution in [2.75, 3.05) is 19.7 Å². The van der Waals surface area contributed by atoms with Crippen LogP contribution in [-0.4, -0.2) is 43.5 Å². The zero-order valence-electron chi connectivity index (χ0n) is 11.0. The number of rotatable bonds is 7.